The Morgan fingerprint density at radius 3 is 1.46 bits per heavy atom. The average Bonchev–Trinajstić information content (AvgIpc) is 2.62. The highest BCUT2D eigenvalue weighted by molar-refractivity contribution is 5.70. The van der Waals surface area contributed by atoms with E-state index in [1.807, 2.05) is 21.1 Å². The summed E-state index contributed by atoms with van der Waals surface area (Å²) in [6.07, 6.45) is 21.4. The number of quaternary nitrogens is 1. The van der Waals surface area contributed by atoms with Crippen molar-refractivity contribution in [3.8, 4) is 0 Å². The summed E-state index contributed by atoms with van der Waals surface area (Å²) in [7, 11) is 6.11. The first kappa shape index (κ1) is 27.4. The quantitative estimate of drug-likeness (QED) is 0.124. The lowest BCUT2D eigenvalue weighted by Crippen LogP contribution is -2.40. The maximum Gasteiger partial charge on any atom is 0.361 e. The van der Waals surface area contributed by atoms with E-state index in [0.29, 0.717) is 23.6 Å². The fourth-order valence-electron chi connectivity index (χ4n) is 3.73. The lowest BCUT2D eigenvalue weighted by molar-refractivity contribution is -0.862. The monoisotopic (exact) mass is 398 g/mol. The molecule has 0 bridgehead atoms. The Kier molecular flexibility index (Phi) is 18.1. The van der Waals surface area contributed by atoms with E-state index in [4.69, 9.17) is 4.74 Å². The Labute approximate surface area is 177 Å². The van der Waals surface area contributed by atoms with Crippen molar-refractivity contribution < 1.29 is 14.0 Å². The standard InChI is InChI=1S/C25H52NO2/c1-6-8-10-12-14-15-17-19-21-24(20-18-16-13-11-9-7-2)23-28-25(27)22-26(3,4)5/h24H,6-23H2,1-5H3/q+1. The first-order valence-electron chi connectivity index (χ1n) is 12.3. The number of hydrogen-bond donors (Lipinski definition) is 0. The molecule has 0 saturated carbocycles. The lowest BCUT2D eigenvalue weighted by atomic mass is 9.94. The first-order valence-corrected chi connectivity index (χ1v) is 12.3. The molecule has 0 aliphatic heterocycles. The highest BCUT2D eigenvalue weighted by Gasteiger charge is 2.18. The Balaban J connectivity index is 4.05. The third-order valence-electron chi connectivity index (χ3n) is 5.52. The van der Waals surface area contributed by atoms with Crippen LogP contribution in [-0.2, 0) is 9.53 Å². The van der Waals surface area contributed by atoms with Gasteiger partial charge in [-0.05, 0) is 18.8 Å². The van der Waals surface area contributed by atoms with Gasteiger partial charge in [-0.3, -0.25) is 0 Å². The highest BCUT2D eigenvalue weighted by atomic mass is 16.5. The highest BCUT2D eigenvalue weighted by Crippen LogP contribution is 2.20. The van der Waals surface area contributed by atoms with Crippen molar-refractivity contribution in [2.75, 3.05) is 34.3 Å². The molecule has 0 saturated heterocycles. The van der Waals surface area contributed by atoms with Gasteiger partial charge in [0.25, 0.3) is 0 Å². The van der Waals surface area contributed by atoms with Gasteiger partial charge in [0.05, 0.1) is 27.7 Å². The van der Waals surface area contributed by atoms with Gasteiger partial charge in [0.2, 0.25) is 0 Å². The molecule has 168 valence electrons. The number of unbranched alkanes of at least 4 members (excludes halogenated alkanes) is 12. The maximum absolute atomic E-state index is 12.1. The summed E-state index contributed by atoms with van der Waals surface area (Å²) >= 11 is 0. The topological polar surface area (TPSA) is 26.3 Å². The first-order chi connectivity index (χ1) is 13.4. The van der Waals surface area contributed by atoms with Crippen LogP contribution in [0.15, 0.2) is 0 Å². The van der Waals surface area contributed by atoms with E-state index in [0.717, 1.165) is 0 Å². The SMILES string of the molecule is CCCCCCCCCCC(CCCCCCCC)COC(=O)C[N+](C)(C)C. The molecule has 0 N–H and O–H groups in total. The molecule has 1 atom stereocenters. The molecule has 0 aromatic carbocycles. The van der Waals surface area contributed by atoms with Gasteiger partial charge in [-0.25, -0.2) is 4.79 Å². The zero-order valence-corrected chi connectivity index (χ0v) is 20.1. The third-order valence-corrected chi connectivity index (χ3v) is 5.52. The van der Waals surface area contributed by atoms with Crippen LogP contribution in [0.3, 0.4) is 0 Å². The van der Waals surface area contributed by atoms with Gasteiger partial charge in [0.1, 0.15) is 0 Å². The van der Waals surface area contributed by atoms with Crippen molar-refractivity contribution in [3.63, 3.8) is 0 Å². The molecule has 0 radical (unpaired) electrons. The van der Waals surface area contributed by atoms with Crippen molar-refractivity contribution in [1.82, 2.24) is 0 Å². The zero-order valence-electron chi connectivity index (χ0n) is 20.1. The number of carbonyl (C=O) groups is 1. The summed E-state index contributed by atoms with van der Waals surface area (Å²) in [5.41, 5.74) is 0. The van der Waals surface area contributed by atoms with Crippen molar-refractivity contribution in [2.24, 2.45) is 5.92 Å². The number of ether oxygens (including phenoxy) is 1. The average molecular weight is 399 g/mol. The maximum atomic E-state index is 12.1. The zero-order chi connectivity index (χ0) is 21.1. The van der Waals surface area contributed by atoms with E-state index < -0.39 is 0 Å². The summed E-state index contributed by atoms with van der Waals surface area (Å²) in [4.78, 5) is 12.1. The van der Waals surface area contributed by atoms with Crippen molar-refractivity contribution in [3.05, 3.63) is 0 Å². The van der Waals surface area contributed by atoms with Crippen LogP contribution in [0.2, 0.25) is 0 Å². The molecule has 0 aliphatic carbocycles. The molecular weight excluding hydrogens is 346 g/mol. The Bertz CT molecular complexity index is 349. The van der Waals surface area contributed by atoms with Gasteiger partial charge in [0.15, 0.2) is 6.54 Å². The molecule has 0 aromatic heterocycles. The molecule has 28 heavy (non-hydrogen) atoms. The van der Waals surface area contributed by atoms with Crippen LogP contribution in [0.1, 0.15) is 117 Å². The van der Waals surface area contributed by atoms with Crippen LogP contribution in [0.5, 0.6) is 0 Å². The molecule has 1 unspecified atom stereocenters. The minimum atomic E-state index is -0.0450. The lowest BCUT2D eigenvalue weighted by Gasteiger charge is -2.23. The second-order valence-electron chi connectivity index (χ2n) is 9.82. The smallest absolute Gasteiger partial charge is 0.361 e. The molecule has 0 fully saturated rings. The van der Waals surface area contributed by atoms with E-state index in [1.165, 1.54) is 103 Å². The van der Waals surface area contributed by atoms with Crippen LogP contribution in [0, 0.1) is 5.92 Å². The molecule has 3 heteroatoms. The molecule has 0 amide bonds. The van der Waals surface area contributed by atoms with E-state index in [1.54, 1.807) is 0 Å². The van der Waals surface area contributed by atoms with Gasteiger partial charge >= 0.3 is 5.97 Å². The summed E-state index contributed by atoms with van der Waals surface area (Å²) in [6.45, 7) is 5.63. The van der Waals surface area contributed by atoms with Gasteiger partial charge in [0, 0.05) is 0 Å². The summed E-state index contributed by atoms with van der Waals surface area (Å²) in [5.74, 6) is 0.513. The van der Waals surface area contributed by atoms with Crippen LogP contribution in [0.25, 0.3) is 0 Å². The summed E-state index contributed by atoms with van der Waals surface area (Å²) in [5, 5.41) is 0. The van der Waals surface area contributed by atoms with Gasteiger partial charge in [-0.15, -0.1) is 0 Å². The van der Waals surface area contributed by atoms with E-state index in [9.17, 15) is 4.79 Å². The third kappa shape index (κ3) is 20.2. The number of carbonyl (C=O) groups excluding carboxylic acids is 1. The van der Waals surface area contributed by atoms with Crippen molar-refractivity contribution in [1.29, 1.82) is 0 Å². The fourth-order valence-corrected chi connectivity index (χ4v) is 3.73. The minimum Gasteiger partial charge on any atom is -0.461 e. The second kappa shape index (κ2) is 18.5. The molecule has 3 nitrogen and oxygen atoms in total. The van der Waals surface area contributed by atoms with Crippen LogP contribution >= 0.6 is 0 Å². The number of nitrogens with zero attached hydrogens (tertiary/aromatic N) is 1. The van der Waals surface area contributed by atoms with E-state index in [2.05, 4.69) is 13.8 Å². The van der Waals surface area contributed by atoms with Crippen molar-refractivity contribution >= 4 is 5.97 Å². The number of esters is 1. The van der Waals surface area contributed by atoms with Crippen LogP contribution in [-0.4, -0.2) is 44.7 Å². The number of hydrogen-bond acceptors (Lipinski definition) is 2. The van der Waals surface area contributed by atoms with Crippen molar-refractivity contribution in [2.45, 2.75) is 117 Å². The molecular formula is C25H52NO2+. The Hall–Kier alpha value is -0.570. The second-order valence-corrected chi connectivity index (χ2v) is 9.82. The molecule has 0 aromatic rings. The fraction of sp³-hybridized carbons (Fsp3) is 0.960. The summed E-state index contributed by atoms with van der Waals surface area (Å²) < 4.78 is 6.28. The van der Waals surface area contributed by atoms with Crippen LogP contribution in [0.4, 0.5) is 0 Å². The van der Waals surface area contributed by atoms with Crippen LogP contribution < -0.4 is 0 Å². The molecule has 0 spiro atoms. The number of rotatable bonds is 20. The molecule has 0 aliphatic rings. The summed E-state index contributed by atoms with van der Waals surface area (Å²) in [6, 6.07) is 0. The van der Waals surface area contributed by atoms with E-state index in [-0.39, 0.29) is 5.97 Å². The van der Waals surface area contributed by atoms with Gasteiger partial charge < -0.3 is 9.22 Å². The molecule has 0 heterocycles. The number of likely N-dealkylation sites (N-methyl/N-ethyl adjacent to an activating group) is 1. The Morgan fingerprint density at radius 2 is 1.07 bits per heavy atom. The van der Waals surface area contributed by atoms with E-state index >= 15 is 0 Å². The predicted molar refractivity (Wildman–Crippen MR) is 123 cm³/mol. The molecule has 0 rings (SSSR count). The normalized spacial score (nSPS) is 12.9. The minimum absolute atomic E-state index is 0.0450. The van der Waals surface area contributed by atoms with Gasteiger partial charge in [-0.1, -0.05) is 104 Å². The Morgan fingerprint density at radius 1 is 0.679 bits per heavy atom. The van der Waals surface area contributed by atoms with Gasteiger partial charge in [-0.2, -0.15) is 0 Å². The predicted octanol–water partition coefficient (Wildman–Crippen LogP) is 7.13. The largest absolute Gasteiger partial charge is 0.461 e.